The van der Waals surface area contributed by atoms with Crippen LogP contribution in [-0.4, -0.2) is 54.5 Å². The number of hydrogen-bond donors (Lipinski definition) is 1. The Kier molecular flexibility index (Phi) is 4.66. The lowest BCUT2D eigenvalue weighted by atomic mass is 9.95. The van der Waals surface area contributed by atoms with Crippen molar-refractivity contribution in [1.82, 2.24) is 15.1 Å². The van der Waals surface area contributed by atoms with Gasteiger partial charge in [0.05, 0.1) is 0 Å². The Morgan fingerprint density at radius 1 is 1.05 bits per heavy atom. The van der Waals surface area contributed by atoms with Gasteiger partial charge in [0.15, 0.2) is 0 Å². The zero-order valence-corrected chi connectivity index (χ0v) is 12.0. The topological polar surface area (TPSA) is 52.7 Å². The minimum Gasteiger partial charge on any atom is -0.352 e. The first-order valence-electron chi connectivity index (χ1n) is 7.38. The first kappa shape index (κ1) is 14.2. The molecule has 1 aliphatic heterocycles. The van der Waals surface area contributed by atoms with Crippen molar-refractivity contribution >= 4 is 11.9 Å². The van der Waals surface area contributed by atoms with Crippen LogP contribution in [0.3, 0.4) is 0 Å². The number of rotatable bonds is 2. The number of carbonyl (C=O) groups excluding carboxylic acids is 2. The van der Waals surface area contributed by atoms with Crippen molar-refractivity contribution in [3.05, 3.63) is 0 Å². The van der Waals surface area contributed by atoms with E-state index in [-0.39, 0.29) is 18.0 Å². The highest BCUT2D eigenvalue weighted by molar-refractivity contribution is 5.87. The van der Waals surface area contributed by atoms with Crippen LogP contribution in [-0.2, 0) is 4.79 Å². The van der Waals surface area contributed by atoms with E-state index in [0.29, 0.717) is 12.6 Å². The molecule has 1 atom stereocenters. The van der Waals surface area contributed by atoms with Crippen molar-refractivity contribution in [2.75, 3.05) is 20.6 Å². The second-order valence-corrected chi connectivity index (χ2v) is 5.87. The van der Waals surface area contributed by atoms with Gasteiger partial charge in [0.2, 0.25) is 5.91 Å². The summed E-state index contributed by atoms with van der Waals surface area (Å²) in [5, 5.41) is 3.13. The van der Waals surface area contributed by atoms with Crippen molar-refractivity contribution in [2.24, 2.45) is 0 Å². The predicted molar refractivity (Wildman–Crippen MR) is 73.8 cm³/mol. The molecule has 1 heterocycles. The molecule has 1 saturated heterocycles. The zero-order chi connectivity index (χ0) is 13.8. The summed E-state index contributed by atoms with van der Waals surface area (Å²) in [5.74, 6) is 0.0413. The van der Waals surface area contributed by atoms with Gasteiger partial charge in [0, 0.05) is 26.7 Å². The van der Waals surface area contributed by atoms with E-state index >= 15 is 0 Å². The lowest BCUT2D eigenvalue weighted by Crippen LogP contribution is -2.51. The first-order chi connectivity index (χ1) is 9.09. The molecule has 1 N–H and O–H groups in total. The molecule has 2 fully saturated rings. The minimum absolute atomic E-state index is 0.0413. The van der Waals surface area contributed by atoms with E-state index in [1.54, 1.807) is 23.9 Å². The van der Waals surface area contributed by atoms with Crippen LogP contribution in [0.5, 0.6) is 0 Å². The van der Waals surface area contributed by atoms with E-state index < -0.39 is 0 Å². The number of amides is 3. The van der Waals surface area contributed by atoms with E-state index in [9.17, 15) is 9.59 Å². The lowest BCUT2D eigenvalue weighted by Gasteiger charge is -2.29. The molecule has 2 rings (SSSR count). The minimum atomic E-state index is -0.267. The summed E-state index contributed by atoms with van der Waals surface area (Å²) in [7, 11) is 3.47. The van der Waals surface area contributed by atoms with Gasteiger partial charge in [-0.05, 0) is 25.7 Å². The summed E-state index contributed by atoms with van der Waals surface area (Å²) in [6.07, 6.45) is 7.56. The van der Waals surface area contributed by atoms with Gasteiger partial charge in [-0.1, -0.05) is 19.3 Å². The monoisotopic (exact) mass is 267 g/mol. The van der Waals surface area contributed by atoms with Crippen molar-refractivity contribution in [1.29, 1.82) is 0 Å². The van der Waals surface area contributed by atoms with E-state index in [0.717, 1.165) is 25.7 Å². The summed E-state index contributed by atoms with van der Waals surface area (Å²) in [5.41, 5.74) is 0. The molecule has 3 amide bonds. The van der Waals surface area contributed by atoms with Crippen LogP contribution in [0.25, 0.3) is 0 Å². The largest absolute Gasteiger partial charge is 0.352 e. The molecule has 5 nitrogen and oxygen atoms in total. The zero-order valence-electron chi connectivity index (χ0n) is 12.0. The van der Waals surface area contributed by atoms with Gasteiger partial charge >= 0.3 is 6.03 Å². The molecule has 2 aliphatic rings. The van der Waals surface area contributed by atoms with Crippen LogP contribution in [0.2, 0.25) is 0 Å². The van der Waals surface area contributed by atoms with Crippen LogP contribution in [0.15, 0.2) is 0 Å². The highest BCUT2D eigenvalue weighted by atomic mass is 16.2. The predicted octanol–water partition coefficient (Wildman–Crippen LogP) is 1.58. The molecule has 0 unspecified atom stereocenters. The molecular weight excluding hydrogens is 242 g/mol. The van der Waals surface area contributed by atoms with Crippen LogP contribution in [0, 0.1) is 0 Å². The maximum Gasteiger partial charge on any atom is 0.320 e. The fourth-order valence-corrected chi connectivity index (χ4v) is 3.07. The number of urea groups is 1. The Labute approximate surface area is 115 Å². The number of carbonyl (C=O) groups is 2. The van der Waals surface area contributed by atoms with Crippen molar-refractivity contribution in [3.63, 3.8) is 0 Å². The molecule has 0 aromatic heterocycles. The van der Waals surface area contributed by atoms with Crippen LogP contribution < -0.4 is 5.32 Å². The van der Waals surface area contributed by atoms with Crippen molar-refractivity contribution in [2.45, 2.75) is 57.0 Å². The Bertz CT molecular complexity index is 338. The summed E-state index contributed by atoms with van der Waals surface area (Å²) in [4.78, 5) is 27.6. The average Bonchev–Trinajstić information content (AvgIpc) is 2.88. The Morgan fingerprint density at radius 3 is 2.37 bits per heavy atom. The average molecular weight is 267 g/mol. The molecular formula is C14H25N3O2. The van der Waals surface area contributed by atoms with Crippen LogP contribution >= 0.6 is 0 Å². The summed E-state index contributed by atoms with van der Waals surface area (Å²) < 4.78 is 0. The molecule has 5 heteroatoms. The highest BCUT2D eigenvalue weighted by Gasteiger charge is 2.35. The molecule has 0 radical (unpaired) electrons. The van der Waals surface area contributed by atoms with Crippen molar-refractivity contribution in [3.8, 4) is 0 Å². The van der Waals surface area contributed by atoms with E-state index in [4.69, 9.17) is 0 Å². The number of nitrogens with zero attached hydrogens (tertiary/aromatic N) is 2. The maximum atomic E-state index is 12.3. The van der Waals surface area contributed by atoms with E-state index in [1.807, 2.05) is 0 Å². The van der Waals surface area contributed by atoms with Gasteiger partial charge in [0.25, 0.3) is 0 Å². The Hall–Kier alpha value is -1.26. The number of hydrogen-bond acceptors (Lipinski definition) is 2. The van der Waals surface area contributed by atoms with Gasteiger partial charge in [-0.15, -0.1) is 0 Å². The molecule has 0 aromatic rings. The third kappa shape index (κ3) is 3.39. The fraction of sp³-hybridized carbons (Fsp3) is 0.857. The van der Waals surface area contributed by atoms with Gasteiger partial charge in [-0.3, -0.25) is 4.79 Å². The van der Waals surface area contributed by atoms with Gasteiger partial charge in [0.1, 0.15) is 6.04 Å². The van der Waals surface area contributed by atoms with Crippen LogP contribution in [0.4, 0.5) is 4.79 Å². The standard InChI is InChI=1S/C14H25N3O2/c1-16(2)14(19)17-10-6-9-12(17)13(18)15-11-7-4-3-5-8-11/h11-12H,3-10H2,1-2H3,(H,15,18)/t12-/m0/s1. The normalized spacial score (nSPS) is 24.3. The number of nitrogens with one attached hydrogen (secondary N) is 1. The molecule has 1 aliphatic carbocycles. The third-order valence-electron chi connectivity index (χ3n) is 4.14. The first-order valence-corrected chi connectivity index (χ1v) is 7.38. The summed E-state index contributed by atoms with van der Waals surface area (Å²) >= 11 is 0. The highest BCUT2D eigenvalue weighted by Crippen LogP contribution is 2.21. The molecule has 108 valence electrons. The lowest BCUT2D eigenvalue weighted by molar-refractivity contribution is -0.125. The van der Waals surface area contributed by atoms with E-state index in [2.05, 4.69) is 5.32 Å². The van der Waals surface area contributed by atoms with E-state index in [1.165, 1.54) is 19.3 Å². The number of likely N-dealkylation sites (tertiary alicyclic amines) is 1. The Balaban J connectivity index is 1.91. The SMILES string of the molecule is CN(C)C(=O)N1CCC[C@H]1C(=O)NC1CCCCC1. The van der Waals surface area contributed by atoms with Crippen molar-refractivity contribution < 1.29 is 9.59 Å². The second kappa shape index (κ2) is 6.26. The molecule has 19 heavy (non-hydrogen) atoms. The van der Waals surface area contributed by atoms with Gasteiger partial charge in [-0.25, -0.2) is 4.79 Å². The molecule has 0 spiro atoms. The quantitative estimate of drug-likeness (QED) is 0.826. The molecule has 1 saturated carbocycles. The summed E-state index contributed by atoms with van der Waals surface area (Å²) in [6.45, 7) is 0.694. The Morgan fingerprint density at radius 2 is 1.74 bits per heavy atom. The smallest absolute Gasteiger partial charge is 0.320 e. The molecule has 0 bridgehead atoms. The third-order valence-corrected chi connectivity index (χ3v) is 4.14. The van der Waals surface area contributed by atoms with Gasteiger partial charge < -0.3 is 15.1 Å². The fourth-order valence-electron chi connectivity index (χ4n) is 3.07. The maximum absolute atomic E-state index is 12.3. The second-order valence-electron chi connectivity index (χ2n) is 5.87. The van der Waals surface area contributed by atoms with Crippen LogP contribution in [0.1, 0.15) is 44.9 Å². The summed E-state index contributed by atoms with van der Waals surface area (Å²) in [6, 6.07) is -0.00345. The molecule has 0 aromatic carbocycles. The van der Waals surface area contributed by atoms with Gasteiger partial charge in [-0.2, -0.15) is 0 Å².